The van der Waals surface area contributed by atoms with E-state index in [1.165, 1.54) is 38.5 Å². The van der Waals surface area contributed by atoms with Crippen LogP contribution in [0.25, 0.3) is 0 Å². The summed E-state index contributed by atoms with van der Waals surface area (Å²) in [4.78, 5) is 4.08. The van der Waals surface area contributed by atoms with Crippen LogP contribution in [0.15, 0.2) is 22.9 Å². The van der Waals surface area contributed by atoms with Gasteiger partial charge < -0.3 is 4.74 Å². The third kappa shape index (κ3) is 2.81. The topological polar surface area (TPSA) is 22.1 Å². The highest BCUT2D eigenvalue weighted by molar-refractivity contribution is 9.10. The minimum Gasteiger partial charge on any atom is -0.492 e. The molecule has 0 aliphatic heterocycles. The summed E-state index contributed by atoms with van der Waals surface area (Å²) < 4.78 is 7.07. The zero-order valence-corrected chi connectivity index (χ0v) is 13.2. The summed E-state index contributed by atoms with van der Waals surface area (Å²) in [6, 6.07) is 1.95. The molecule has 3 heteroatoms. The standard InChI is InChI=1S/C16H22BrNO/c1-2-16(8-12-3-4-13(7-12)9-16)11-19-15-5-6-18-10-14(15)17/h5-6,10,12-13H,2-4,7-9,11H2,1H3. The van der Waals surface area contributed by atoms with E-state index >= 15 is 0 Å². The van der Waals surface area contributed by atoms with Crippen molar-refractivity contribution in [1.29, 1.82) is 0 Å². The minimum absolute atomic E-state index is 0.410. The van der Waals surface area contributed by atoms with Gasteiger partial charge in [0.05, 0.1) is 11.1 Å². The molecule has 2 unspecified atom stereocenters. The van der Waals surface area contributed by atoms with Crippen LogP contribution in [0.3, 0.4) is 0 Å². The SMILES string of the molecule is CCC1(COc2ccncc2Br)CC2CCC(C2)C1. The lowest BCUT2D eigenvalue weighted by Crippen LogP contribution is -2.34. The molecule has 1 heterocycles. The van der Waals surface area contributed by atoms with Gasteiger partial charge in [0.15, 0.2) is 0 Å². The molecule has 2 saturated carbocycles. The number of nitrogens with zero attached hydrogens (tertiary/aromatic N) is 1. The molecular weight excluding hydrogens is 302 g/mol. The first-order valence-corrected chi connectivity index (χ1v) is 8.22. The maximum atomic E-state index is 6.11. The van der Waals surface area contributed by atoms with Crippen molar-refractivity contribution < 1.29 is 4.74 Å². The molecule has 2 aliphatic rings. The Kier molecular flexibility index (Phi) is 3.84. The Labute approximate surface area is 124 Å². The number of hydrogen-bond donors (Lipinski definition) is 0. The van der Waals surface area contributed by atoms with Crippen molar-refractivity contribution in [2.24, 2.45) is 17.3 Å². The van der Waals surface area contributed by atoms with Gasteiger partial charge in [-0.05, 0) is 59.5 Å². The summed E-state index contributed by atoms with van der Waals surface area (Å²) in [5.41, 5.74) is 0.410. The number of rotatable bonds is 4. The van der Waals surface area contributed by atoms with Gasteiger partial charge in [-0.2, -0.15) is 0 Å². The fourth-order valence-electron chi connectivity index (χ4n) is 4.08. The summed E-state index contributed by atoms with van der Waals surface area (Å²) in [5.74, 6) is 2.85. The largest absolute Gasteiger partial charge is 0.492 e. The summed E-state index contributed by atoms with van der Waals surface area (Å²) in [6.45, 7) is 3.19. The van der Waals surface area contributed by atoms with Gasteiger partial charge in [0.1, 0.15) is 5.75 Å². The second-order valence-electron chi connectivity index (χ2n) is 6.40. The van der Waals surface area contributed by atoms with Crippen LogP contribution in [0.4, 0.5) is 0 Å². The number of hydrogen-bond acceptors (Lipinski definition) is 2. The van der Waals surface area contributed by atoms with Gasteiger partial charge in [-0.3, -0.25) is 4.98 Å². The molecule has 3 rings (SSSR count). The summed E-state index contributed by atoms with van der Waals surface area (Å²) in [7, 11) is 0. The van der Waals surface area contributed by atoms with Gasteiger partial charge in [-0.1, -0.05) is 19.8 Å². The van der Waals surface area contributed by atoms with Crippen molar-refractivity contribution >= 4 is 15.9 Å². The van der Waals surface area contributed by atoms with Crippen molar-refractivity contribution in [3.8, 4) is 5.75 Å². The predicted molar refractivity (Wildman–Crippen MR) is 80.2 cm³/mol. The van der Waals surface area contributed by atoms with E-state index in [2.05, 4.69) is 27.8 Å². The summed E-state index contributed by atoms with van der Waals surface area (Å²) in [5, 5.41) is 0. The average Bonchev–Trinajstić information content (AvgIpc) is 2.77. The van der Waals surface area contributed by atoms with Crippen LogP contribution in [-0.2, 0) is 0 Å². The van der Waals surface area contributed by atoms with E-state index < -0.39 is 0 Å². The normalized spacial score (nSPS) is 33.4. The highest BCUT2D eigenvalue weighted by Crippen LogP contribution is 2.52. The van der Waals surface area contributed by atoms with Crippen molar-refractivity contribution in [1.82, 2.24) is 4.98 Å². The Morgan fingerprint density at radius 3 is 2.74 bits per heavy atom. The molecule has 1 aromatic rings. The lowest BCUT2D eigenvalue weighted by Gasteiger charge is -2.40. The van der Waals surface area contributed by atoms with Gasteiger partial charge in [-0.25, -0.2) is 0 Å². The number of ether oxygens (including phenoxy) is 1. The highest BCUT2D eigenvalue weighted by atomic mass is 79.9. The third-order valence-electron chi connectivity index (χ3n) is 5.11. The van der Waals surface area contributed by atoms with Crippen molar-refractivity contribution in [3.63, 3.8) is 0 Å². The maximum Gasteiger partial charge on any atom is 0.136 e. The number of pyridine rings is 1. The van der Waals surface area contributed by atoms with Crippen molar-refractivity contribution in [3.05, 3.63) is 22.9 Å². The average molecular weight is 324 g/mol. The number of halogens is 1. The van der Waals surface area contributed by atoms with Crippen LogP contribution >= 0.6 is 15.9 Å². The molecule has 0 N–H and O–H groups in total. The molecular formula is C16H22BrNO. The molecule has 0 amide bonds. The Hall–Kier alpha value is -0.570. The van der Waals surface area contributed by atoms with Crippen LogP contribution in [-0.4, -0.2) is 11.6 Å². The number of aromatic nitrogens is 1. The van der Waals surface area contributed by atoms with Crippen molar-refractivity contribution in [2.75, 3.05) is 6.61 Å². The fourth-order valence-corrected chi connectivity index (χ4v) is 4.44. The van der Waals surface area contributed by atoms with E-state index in [1.54, 1.807) is 12.4 Å². The molecule has 0 aromatic carbocycles. The van der Waals surface area contributed by atoms with Crippen LogP contribution in [0.1, 0.15) is 45.4 Å². The molecule has 2 bridgehead atoms. The lowest BCUT2D eigenvalue weighted by atomic mass is 9.68. The Bertz CT molecular complexity index is 436. The van der Waals surface area contributed by atoms with Crippen LogP contribution in [0, 0.1) is 17.3 Å². The van der Waals surface area contributed by atoms with Gasteiger partial charge in [0, 0.05) is 17.8 Å². The monoisotopic (exact) mass is 323 g/mol. The predicted octanol–water partition coefficient (Wildman–Crippen LogP) is 4.83. The van der Waals surface area contributed by atoms with E-state index in [4.69, 9.17) is 4.74 Å². The van der Waals surface area contributed by atoms with E-state index in [-0.39, 0.29) is 0 Å². The third-order valence-corrected chi connectivity index (χ3v) is 5.71. The highest BCUT2D eigenvalue weighted by Gasteiger charge is 2.43. The van der Waals surface area contributed by atoms with Gasteiger partial charge >= 0.3 is 0 Å². The Morgan fingerprint density at radius 2 is 2.11 bits per heavy atom. The first-order valence-electron chi connectivity index (χ1n) is 7.43. The molecule has 2 atom stereocenters. The second-order valence-corrected chi connectivity index (χ2v) is 7.26. The molecule has 19 heavy (non-hydrogen) atoms. The van der Waals surface area contributed by atoms with E-state index in [1.807, 2.05) is 6.07 Å². The van der Waals surface area contributed by atoms with Gasteiger partial charge in [0.2, 0.25) is 0 Å². The number of fused-ring (bicyclic) bond motifs is 2. The van der Waals surface area contributed by atoms with E-state index in [0.29, 0.717) is 5.41 Å². The van der Waals surface area contributed by atoms with Gasteiger partial charge in [-0.15, -0.1) is 0 Å². The lowest BCUT2D eigenvalue weighted by molar-refractivity contribution is 0.0595. The molecule has 2 nitrogen and oxygen atoms in total. The second kappa shape index (κ2) is 5.43. The maximum absolute atomic E-state index is 6.11. The van der Waals surface area contributed by atoms with Gasteiger partial charge in [0.25, 0.3) is 0 Å². The quantitative estimate of drug-likeness (QED) is 0.791. The van der Waals surface area contributed by atoms with E-state index in [9.17, 15) is 0 Å². The Balaban J connectivity index is 1.69. The first kappa shape index (κ1) is 13.4. The minimum atomic E-state index is 0.410. The van der Waals surface area contributed by atoms with Crippen molar-refractivity contribution in [2.45, 2.75) is 45.4 Å². The van der Waals surface area contributed by atoms with Crippen LogP contribution in [0.2, 0.25) is 0 Å². The molecule has 104 valence electrons. The Morgan fingerprint density at radius 1 is 1.37 bits per heavy atom. The molecule has 1 aromatic heterocycles. The van der Waals surface area contributed by atoms with E-state index in [0.717, 1.165) is 28.7 Å². The molecule has 2 aliphatic carbocycles. The first-order chi connectivity index (χ1) is 9.21. The summed E-state index contributed by atoms with van der Waals surface area (Å²) >= 11 is 3.51. The smallest absolute Gasteiger partial charge is 0.136 e. The molecule has 2 fully saturated rings. The zero-order valence-electron chi connectivity index (χ0n) is 11.6. The molecule has 0 radical (unpaired) electrons. The zero-order chi connectivity index (χ0) is 13.3. The molecule has 0 saturated heterocycles. The fraction of sp³-hybridized carbons (Fsp3) is 0.688. The molecule has 0 spiro atoms. The van der Waals surface area contributed by atoms with Crippen LogP contribution < -0.4 is 4.74 Å². The summed E-state index contributed by atoms with van der Waals surface area (Å²) in [6.07, 6.45) is 11.9. The van der Waals surface area contributed by atoms with Crippen LogP contribution in [0.5, 0.6) is 5.75 Å².